The van der Waals surface area contributed by atoms with Gasteiger partial charge in [-0.15, -0.1) is 0 Å². The average Bonchev–Trinajstić information content (AvgIpc) is 2.97. The van der Waals surface area contributed by atoms with Crippen LogP contribution in [0.3, 0.4) is 0 Å². The fourth-order valence-electron chi connectivity index (χ4n) is 2.80. The van der Waals surface area contributed by atoms with E-state index in [1.165, 1.54) is 0 Å². The first-order valence-electron chi connectivity index (χ1n) is 9.07. The van der Waals surface area contributed by atoms with Gasteiger partial charge in [0.2, 0.25) is 0 Å². The maximum Gasteiger partial charge on any atom is 0.314 e. The van der Waals surface area contributed by atoms with Crippen molar-refractivity contribution >= 4 is 17.6 Å². The molecule has 1 aromatic heterocycles. The van der Waals surface area contributed by atoms with Crippen molar-refractivity contribution < 1.29 is 14.7 Å². The van der Waals surface area contributed by atoms with Crippen LogP contribution in [0.5, 0.6) is 0 Å². The van der Waals surface area contributed by atoms with Crippen molar-refractivity contribution in [3.05, 3.63) is 41.6 Å². The van der Waals surface area contributed by atoms with Crippen molar-refractivity contribution in [2.45, 2.75) is 52.5 Å². The Labute approximate surface area is 159 Å². The summed E-state index contributed by atoms with van der Waals surface area (Å²) >= 11 is 0. The number of carbonyl (C=O) groups excluding carboxylic acids is 2. The van der Waals surface area contributed by atoms with Crippen LogP contribution < -0.4 is 10.6 Å². The number of amides is 2. The third-order valence-corrected chi connectivity index (χ3v) is 4.32. The summed E-state index contributed by atoms with van der Waals surface area (Å²) in [5.41, 5.74) is 2.20. The summed E-state index contributed by atoms with van der Waals surface area (Å²) in [5, 5.41) is 19.1. The third kappa shape index (κ3) is 4.74. The number of benzene rings is 1. The molecule has 0 aliphatic carbocycles. The number of nitrogens with zero attached hydrogens (tertiary/aromatic N) is 2. The number of carbonyl (C=O) groups is 2. The second-order valence-corrected chi connectivity index (χ2v) is 7.53. The van der Waals surface area contributed by atoms with Crippen LogP contribution in [0.4, 0.5) is 5.82 Å². The van der Waals surface area contributed by atoms with E-state index >= 15 is 0 Å². The second kappa shape index (κ2) is 8.35. The Bertz CT molecular complexity index is 803. The molecule has 2 rings (SSSR count). The van der Waals surface area contributed by atoms with Gasteiger partial charge in [-0.05, 0) is 25.5 Å². The Hall–Kier alpha value is -2.67. The molecule has 0 fully saturated rings. The van der Waals surface area contributed by atoms with E-state index < -0.39 is 17.9 Å². The van der Waals surface area contributed by atoms with Gasteiger partial charge in [0.15, 0.2) is 0 Å². The lowest BCUT2D eigenvalue weighted by atomic mass is 9.90. The van der Waals surface area contributed by atoms with Gasteiger partial charge < -0.3 is 15.7 Å². The van der Waals surface area contributed by atoms with E-state index in [2.05, 4.69) is 15.7 Å². The predicted octanol–water partition coefficient (Wildman–Crippen LogP) is 2.30. The molecule has 0 bridgehead atoms. The van der Waals surface area contributed by atoms with Crippen LogP contribution >= 0.6 is 0 Å². The van der Waals surface area contributed by atoms with E-state index in [-0.39, 0.29) is 12.0 Å². The van der Waals surface area contributed by atoms with Gasteiger partial charge in [-0.1, -0.05) is 45.9 Å². The molecule has 1 heterocycles. The first-order chi connectivity index (χ1) is 12.7. The molecule has 27 heavy (non-hydrogen) atoms. The van der Waals surface area contributed by atoms with Crippen LogP contribution in [-0.4, -0.2) is 39.4 Å². The molecular formula is C20H28N4O3. The average molecular weight is 372 g/mol. The minimum Gasteiger partial charge on any atom is -0.394 e. The lowest BCUT2D eigenvalue weighted by Crippen LogP contribution is -2.43. The number of nitrogens with one attached hydrogen (secondary N) is 2. The zero-order valence-corrected chi connectivity index (χ0v) is 16.5. The maximum absolute atomic E-state index is 12.4. The largest absolute Gasteiger partial charge is 0.394 e. The molecule has 0 saturated heterocycles. The third-order valence-electron chi connectivity index (χ3n) is 4.32. The number of hydrogen-bond donors (Lipinski definition) is 3. The first-order valence-corrected chi connectivity index (χ1v) is 9.07. The van der Waals surface area contributed by atoms with Crippen molar-refractivity contribution in [1.82, 2.24) is 15.1 Å². The summed E-state index contributed by atoms with van der Waals surface area (Å²) in [4.78, 5) is 24.6. The zero-order chi connectivity index (χ0) is 20.2. The van der Waals surface area contributed by atoms with E-state index in [1.807, 2.05) is 65.0 Å². The SMILES string of the molecule is CCC(CO)NC(=O)C(=O)Nc1c(C)c(C(C)(C)C)nn1-c1ccccc1. The second-order valence-electron chi connectivity index (χ2n) is 7.53. The quantitative estimate of drug-likeness (QED) is 0.702. The van der Waals surface area contributed by atoms with Crippen LogP contribution in [-0.2, 0) is 15.0 Å². The van der Waals surface area contributed by atoms with Gasteiger partial charge >= 0.3 is 11.8 Å². The highest BCUT2D eigenvalue weighted by molar-refractivity contribution is 6.39. The van der Waals surface area contributed by atoms with Crippen molar-refractivity contribution in [3.8, 4) is 5.69 Å². The van der Waals surface area contributed by atoms with E-state index in [0.717, 1.165) is 16.9 Å². The fraction of sp³-hybridized carbons (Fsp3) is 0.450. The molecule has 2 aromatic rings. The van der Waals surface area contributed by atoms with Gasteiger partial charge in [-0.3, -0.25) is 9.59 Å². The lowest BCUT2D eigenvalue weighted by molar-refractivity contribution is -0.136. The van der Waals surface area contributed by atoms with E-state index in [9.17, 15) is 14.7 Å². The number of rotatable bonds is 5. The van der Waals surface area contributed by atoms with Crippen LogP contribution in [0.15, 0.2) is 30.3 Å². The molecule has 1 atom stereocenters. The summed E-state index contributed by atoms with van der Waals surface area (Å²) in [6.07, 6.45) is 0.532. The molecule has 0 spiro atoms. The molecule has 3 N–H and O–H groups in total. The smallest absolute Gasteiger partial charge is 0.314 e. The predicted molar refractivity (Wildman–Crippen MR) is 105 cm³/mol. The van der Waals surface area contributed by atoms with Crippen molar-refractivity contribution in [1.29, 1.82) is 0 Å². The fourth-order valence-corrected chi connectivity index (χ4v) is 2.80. The Kier molecular flexibility index (Phi) is 6.38. The zero-order valence-electron chi connectivity index (χ0n) is 16.5. The highest BCUT2D eigenvalue weighted by Crippen LogP contribution is 2.31. The van der Waals surface area contributed by atoms with Crippen molar-refractivity contribution in [2.75, 3.05) is 11.9 Å². The van der Waals surface area contributed by atoms with E-state index in [0.29, 0.717) is 12.2 Å². The summed E-state index contributed by atoms with van der Waals surface area (Å²) in [7, 11) is 0. The Balaban J connectivity index is 2.39. The van der Waals surface area contributed by atoms with E-state index in [1.54, 1.807) is 4.68 Å². The summed E-state index contributed by atoms with van der Waals surface area (Å²) < 4.78 is 1.64. The standard InChI is InChI=1S/C20H28N4O3/c1-6-14(12-25)21-18(26)19(27)22-17-13(2)16(20(3,4)5)23-24(17)15-10-8-7-9-11-15/h7-11,14,25H,6,12H2,1-5H3,(H,21,26)(H,22,27). The van der Waals surface area contributed by atoms with Gasteiger partial charge in [-0.25, -0.2) is 4.68 Å². The Morgan fingerprint density at radius 2 is 1.81 bits per heavy atom. The van der Waals surface area contributed by atoms with Gasteiger partial charge in [0.25, 0.3) is 0 Å². The minimum absolute atomic E-state index is 0.218. The number of aliphatic hydroxyl groups excluding tert-OH is 1. The van der Waals surface area contributed by atoms with Gasteiger partial charge in [0, 0.05) is 11.0 Å². The number of aromatic nitrogens is 2. The molecule has 2 amide bonds. The highest BCUT2D eigenvalue weighted by Gasteiger charge is 2.27. The molecule has 7 heteroatoms. The van der Waals surface area contributed by atoms with Crippen LogP contribution in [0, 0.1) is 6.92 Å². The molecule has 0 aliphatic heterocycles. The van der Waals surface area contributed by atoms with Crippen LogP contribution in [0.1, 0.15) is 45.4 Å². The van der Waals surface area contributed by atoms with Crippen LogP contribution in [0.2, 0.25) is 0 Å². The van der Waals surface area contributed by atoms with E-state index in [4.69, 9.17) is 0 Å². The number of aliphatic hydroxyl groups is 1. The molecule has 1 unspecified atom stereocenters. The highest BCUT2D eigenvalue weighted by atomic mass is 16.3. The van der Waals surface area contributed by atoms with Crippen molar-refractivity contribution in [3.63, 3.8) is 0 Å². The maximum atomic E-state index is 12.4. The summed E-state index contributed by atoms with van der Waals surface area (Å²) in [6.45, 7) is 9.62. The van der Waals surface area contributed by atoms with Gasteiger partial charge in [0.05, 0.1) is 24.0 Å². The van der Waals surface area contributed by atoms with Gasteiger partial charge in [0.1, 0.15) is 5.82 Å². The molecule has 0 aliphatic rings. The molecular weight excluding hydrogens is 344 g/mol. The molecule has 0 radical (unpaired) electrons. The van der Waals surface area contributed by atoms with Crippen molar-refractivity contribution in [2.24, 2.45) is 0 Å². The molecule has 0 saturated carbocycles. The Morgan fingerprint density at radius 1 is 1.19 bits per heavy atom. The summed E-state index contributed by atoms with van der Waals surface area (Å²) in [6, 6.07) is 8.98. The molecule has 7 nitrogen and oxygen atoms in total. The summed E-state index contributed by atoms with van der Waals surface area (Å²) in [5.74, 6) is -1.11. The Morgan fingerprint density at radius 3 is 2.33 bits per heavy atom. The number of para-hydroxylation sites is 1. The molecule has 1 aromatic carbocycles. The normalized spacial score (nSPS) is 12.5. The topological polar surface area (TPSA) is 96.2 Å². The monoisotopic (exact) mass is 372 g/mol. The lowest BCUT2D eigenvalue weighted by Gasteiger charge is -2.16. The minimum atomic E-state index is -0.789. The first kappa shape index (κ1) is 20.6. The number of anilines is 1. The number of hydrogen-bond acceptors (Lipinski definition) is 4. The molecule has 146 valence electrons. The van der Waals surface area contributed by atoms with Crippen LogP contribution in [0.25, 0.3) is 5.69 Å². The van der Waals surface area contributed by atoms with Gasteiger partial charge in [-0.2, -0.15) is 5.10 Å².